The molecule has 0 atom stereocenters. The molecule has 0 aliphatic carbocycles. The van der Waals surface area contributed by atoms with Crippen LogP contribution in [0.3, 0.4) is 0 Å². The first kappa shape index (κ1) is 34.6. The number of methoxy groups -OCH3 is 1. The first-order valence-electron chi connectivity index (χ1n) is 15.9. The molecule has 1 aliphatic heterocycles. The molecular weight excluding hydrogens is 947 g/mol. The van der Waals surface area contributed by atoms with Crippen molar-refractivity contribution in [3.63, 3.8) is 0 Å². The fraction of sp³-hybridized carbons (Fsp3) is 0.0952. The standard InChI is InChI=1S/C25H20NO2S.C17H10NSe2.Ir/c1-15(2)17-7-9-22(26-13-17)20-6-4-5-19-21-11-16(8-10-23(21)28-25(19)20)18-12-24(27-3)29-14-18;1-2-9-15-14(8-1)19-16-10-5-6-12(17(16)20-15)13-7-3-4-11-18-13;/h4-5,7-15H,1-3H3;1-5,7-11H;/q2*-1;. The second kappa shape index (κ2) is 15.2. The number of hydrogen-bond acceptors (Lipinski definition) is 5. The van der Waals surface area contributed by atoms with Gasteiger partial charge in [-0.05, 0) is 46.5 Å². The van der Waals surface area contributed by atoms with Gasteiger partial charge in [0.15, 0.2) is 5.06 Å². The maximum absolute atomic E-state index is 6.24. The summed E-state index contributed by atoms with van der Waals surface area (Å²) in [7, 11) is 1.70. The van der Waals surface area contributed by atoms with Gasteiger partial charge in [-0.3, -0.25) is 0 Å². The van der Waals surface area contributed by atoms with Crippen molar-refractivity contribution in [2.75, 3.05) is 7.11 Å². The Balaban J connectivity index is 0.000000164. The monoisotopic (exact) mass is 979 g/mol. The molecular formula is C42H30IrN2O2SSe2-2. The van der Waals surface area contributed by atoms with Gasteiger partial charge in [0.25, 0.3) is 0 Å². The van der Waals surface area contributed by atoms with Crippen molar-refractivity contribution >= 4 is 81.0 Å². The van der Waals surface area contributed by atoms with Crippen LogP contribution >= 0.6 is 11.3 Å². The van der Waals surface area contributed by atoms with Gasteiger partial charge in [0.2, 0.25) is 0 Å². The molecule has 1 aliphatic rings. The zero-order valence-electron chi connectivity index (χ0n) is 27.4. The Morgan fingerprint density at radius 2 is 1.52 bits per heavy atom. The summed E-state index contributed by atoms with van der Waals surface area (Å²) in [6.45, 7) is 4.34. The first-order chi connectivity index (χ1) is 24.1. The third-order valence-electron chi connectivity index (χ3n) is 8.37. The predicted octanol–water partition coefficient (Wildman–Crippen LogP) is 7.48. The minimum atomic E-state index is 0. The number of pyridine rings is 2. The Bertz CT molecular complexity index is 2420. The number of hydrogen-bond donors (Lipinski definition) is 0. The van der Waals surface area contributed by atoms with Gasteiger partial charge in [0, 0.05) is 37.1 Å². The summed E-state index contributed by atoms with van der Waals surface area (Å²) in [6.07, 6.45) is 3.80. The molecule has 0 saturated carbocycles. The molecule has 4 aromatic heterocycles. The minimum absolute atomic E-state index is 0. The van der Waals surface area contributed by atoms with E-state index in [2.05, 4.69) is 120 Å². The van der Waals surface area contributed by atoms with E-state index in [4.69, 9.17) is 9.15 Å². The van der Waals surface area contributed by atoms with Gasteiger partial charge >= 0.3 is 131 Å². The number of fused-ring (bicyclic) bond motifs is 5. The van der Waals surface area contributed by atoms with Crippen molar-refractivity contribution < 1.29 is 29.3 Å². The molecule has 0 unspecified atom stereocenters. The van der Waals surface area contributed by atoms with Crippen LogP contribution in [0.25, 0.3) is 55.6 Å². The molecule has 50 heavy (non-hydrogen) atoms. The molecule has 0 spiro atoms. The van der Waals surface area contributed by atoms with Crippen LogP contribution in [0.1, 0.15) is 25.3 Å². The van der Waals surface area contributed by atoms with Gasteiger partial charge in [-0.25, -0.2) is 0 Å². The Hall–Kier alpha value is -3.83. The van der Waals surface area contributed by atoms with Crippen LogP contribution < -0.4 is 22.6 Å². The van der Waals surface area contributed by atoms with Crippen molar-refractivity contribution in [2.45, 2.75) is 19.8 Å². The molecule has 0 N–H and O–H groups in total. The summed E-state index contributed by atoms with van der Waals surface area (Å²) in [5.74, 6) is 0.455. The van der Waals surface area contributed by atoms with Gasteiger partial charge in [-0.2, -0.15) is 0 Å². The van der Waals surface area contributed by atoms with Crippen molar-refractivity contribution in [1.82, 2.24) is 9.97 Å². The van der Waals surface area contributed by atoms with Crippen molar-refractivity contribution in [3.05, 3.63) is 139 Å². The molecule has 9 rings (SSSR count). The van der Waals surface area contributed by atoms with Gasteiger partial charge in [0.1, 0.15) is 5.58 Å². The third kappa shape index (κ3) is 6.91. The molecule has 4 nitrogen and oxygen atoms in total. The topological polar surface area (TPSA) is 48.2 Å². The van der Waals surface area contributed by atoms with E-state index in [1.807, 2.05) is 36.7 Å². The van der Waals surface area contributed by atoms with E-state index >= 15 is 0 Å². The van der Waals surface area contributed by atoms with Crippen LogP contribution in [0, 0.1) is 12.1 Å². The van der Waals surface area contributed by atoms with Crippen molar-refractivity contribution in [1.29, 1.82) is 0 Å². The summed E-state index contributed by atoms with van der Waals surface area (Å²) in [5.41, 5.74) is 9.22. The average molecular weight is 977 g/mol. The summed E-state index contributed by atoms with van der Waals surface area (Å²) >= 11 is 2.36. The Morgan fingerprint density at radius 1 is 0.740 bits per heavy atom. The maximum atomic E-state index is 6.24. The second-order valence-electron chi connectivity index (χ2n) is 11.8. The molecule has 4 aromatic carbocycles. The average Bonchev–Trinajstić information content (AvgIpc) is 3.79. The molecule has 0 saturated heterocycles. The van der Waals surface area contributed by atoms with Gasteiger partial charge in [-0.15, -0.1) is 29.5 Å². The zero-order chi connectivity index (χ0) is 33.3. The van der Waals surface area contributed by atoms with E-state index in [1.54, 1.807) is 18.4 Å². The normalized spacial score (nSPS) is 11.8. The summed E-state index contributed by atoms with van der Waals surface area (Å²) in [6, 6.07) is 42.5. The van der Waals surface area contributed by atoms with E-state index in [-0.39, 0.29) is 20.1 Å². The predicted molar refractivity (Wildman–Crippen MR) is 205 cm³/mol. The number of ether oxygens (including phenoxy) is 1. The molecule has 5 heterocycles. The summed E-state index contributed by atoms with van der Waals surface area (Å²) in [5, 5.41) is 5.19. The number of nitrogens with zero attached hydrogens (tertiary/aromatic N) is 2. The summed E-state index contributed by atoms with van der Waals surface area (Å²) < 4.78 is 17.6. The molecule has 1 radical (unpaired) electrons. The quantitative estimate of drug-likeness (QED) is 0.133. The van der Waals surface area contributed by atoms with Crippen molar-refractivity contribution in [2.24, 2.45) is 0 Å². The Labute approximate surface area is 322 Å². The zero-order valence-corrected chi connectivity index (χ0v) is 34.0. The Morgan fingerprint density at radius 3 is 2.26 bits per heavy atom. The second-order valence-corrected chi connectivity index (χ2v) is 17.2. The van der Waals surface area contributed by atoms with Crippen LogP contribution in [0.4, 0.5) is 0 Å². The molecule has 8 heteroatoms. The van der Waals surface area contributed by atoms with E-state index in [0.717, 1.165) is 55.1 Å². The van der Waals surface area contributed by atoms with Gasteiger partial charge in [0.05, 0.1) is 12.7 Å². The molecule has 8 aromatic rings. The van der Waals surface area contributed by atoms with Crippen LogP contribution in [-0.4, -0.2) is 47.0 Å². The van der Waals surface area contributed by atoms with E-state index < -0.39 is 0 Å². The van der Waals surface area contributed by atoms with E-state index in [9.17, 15) is 0 Å². The summed E-state index contributed by atoms with van der Waals surface area (Å²) in [4.78, 5) is 9.16. The van der Waals surface area contributed by atoms with E-state index in [0.29, 0.717) is 35.8 Å². The molecule has 0 amide bonds. The van der Waals surface area contributed by atoms with Crippen LogP contribution in [0.5, 0.6) is 5.06 Å². The fourth-order valence-corrected chi connectivity index (χ4v) is 12.2. The third-order valence-corrected chi connectivity index (χ3v) is 15.5. The SMILES string of the molecule is COc1cc(-c2ccc3oc4c(-c5ccc(C(C)C)cn5)[c-]ccc4c3c2)cs1.[Ir].[c-]1ccc2c(c1-c1ccccn1)[Se]c1ccccc1[Se]2. The first-order valence-corrected chi connectivity index (χ1v) is 20.2. The molecule has 0 bridgehead atoms. The van der Waals surface area contributed by atoms with Crippen LogP contribution in [0.2, 0.25) is 0 Å². The fourth-order valence-electron chi connectivity index (χ4n) is 5.78. The number of rotatable bonds is 5. The van der Waals surface area contributed by atoms with E-state index in [1.165, 1.54) is 29.0 Å². The Kier molecular flexibility index (Phi) is 10.5. The van der Waals surface area contributed by atoms with Gasteiger partial charge in [-0.1, -0.05) is 43.0 Å². The molecule has 249 valence electrons. The number of furan rings is 1. The number of benzene rings is 4. The van der Waals surface area contributed by atoms with Crippen LogP contribution in [-0.2, 0) is 20.1 Å². The number of thiophene rings is 1. The van der Waals surface area contributed by atoms with Gasteiger partial charge < -0.3 is 14.1 Å². The molecule has 0 fully saturated rings. The number of aromatic nitrogens is 2. The van der Waals surface area contributed by atoms with Crippen molar-refractivity contribution in [3.8, 4) is 38.7 Å². The van der Waals surface area contributed by atoms with Crippen LogP contribution in [0.15, 0.2) is 125 Å².